The highest BCUT2D eigenvalue weighted by Gasteiger charge is 2.27. The van der Waals surface area contributed by atoms with Gasteiger partial charge in [-0.1, -0.05) is 0 Å². The van der Waals surface area contributed by atoms with Crippen molar-refractivity contribution < 1.29 is 19.2 Å². The number of benzene rings is 1. The van der Waals surface area contributed by atoms with Gasteiger partial charge in [-0.3, -0.25) is 15.1 Å². The highest BCUT2D eigenvalue weighted by Crippen LogP contribution is 2.37. The minimum absolute atomic E-state index is 0.0284. The second kappa shape index (κ2) is 7.73. The van der Waals surface area contributed by atoms with Crippen molar-refractivity contribution in [2.45, 2.75) is 52.6 Å². The number of aryl methyl sites for hydroxylation is 1. The van der Waals surface area contributed by atoms with Crippen molar-refractivity contribution in [3.8, 4) is 5.75 Å². The van der Waals surface area contributed by atoms with E-state index in [2.05, 4.69) is 4.99 Å². The van der Waals surface area contributed by atoms with Crippen molar-refractivity contribution in [3.63, 3.8) is 0 Å². The average molecular weight is 386 g/mol. The van der Waals surface area contributed by atoms with Crippen LogP contribution in [0.15, 0.2) is 23.2 Å². The molecule has 0 radical (unpaired) electrons. The van der Waals surface area contributed by atoms with Gasteiger partial charge in [0.05, 0.1) is 11.5 Å². The quantitative estimate of drug-likeness (QED) is 0.414. The first kappa shape index (κ1) is 20.0. The summed E-state index contributed by atoms with van der Waals surface area (Å²) in [5, 5.41) is 11.4. The van der Waals surface area contributed by atoms with Gasteiger partial charge in [0.15, 0.2) is 5.75 Å². The van der Waals surface area contributed by atoms with Gasteiger partial charge >= 0.3 is 11.7 Å². The molecule has 1 saturated carbocycles. The van der Waals surface area contributed by atoms with Gasteiger partial charge in [-0.2, -0.15) is 0 Å². The number of esters is 1. The summed E-state index contributed by atoms with van der Waals surface area (Å²) in [7, 11) is 0. The van der Waals surface area contributed by atoms with E-state index in [0.29, 0.717) is 25.5 Å². The Balaban J connectivity index is 1.90. The largest absolute Gasteiger partial charge is 0.487 e. The molecule has 0 spiro atoms. The summed E-state index contributed by atoms with van der Waals surface area (Å²) in [6.45, 7) is 8.21. The van der Waals surface area contributed by atoms with Crippen LogP contribution in [0.5, 0.6) is 5.75 Å². The van der Waals surface area contributed by atoms with Crippen molar-refractivity contribution >= 4 is 22.9 Å². The second-order valence-corrected chi connectivity index (χ2v) is 8.33. The van der Waals surface area contributed by atoms with Crippen LogP contribution in [0.25, 0.3) is 5.57 Å². The van der Waals surface area contributed by atoms with Crippen LogP contribution < -0.4 is 4.74 Å². The van der Waals surface area contributed by atoms with Crippen LogP contribution in [0.4, 0.5) is 5.69 Å². The van der Waals surface area contributed by atoms with E-state index in [0.717, 1.165) is 29.5 Å². The number of ether oxygens (including phenoxy) is 2. The van der Waals surface area contributed by atoms with Crippen molar-refractivity contribution in [1.82, 2.24) is 0 Å². The zero-order chi connectivity index (χ0) is 20.5. The number of nitrogens with zero attached hydrogens (tertiary/aromatic N) is 2. The molecule has 1 heterocycles. The molecule has 1 aliphatic carbocycles. The number of dihydropyridines is 1. The molecule has 3 rings (SSSR count). The van der Waals surface area contributed by atoms with Crippen LogP contribution in [0, 0.1) is 23.0 Å². The SMILES string of the molecule is Cc1cc([N+](=O)[O-])c(OCC2CC2)cc1C1=CC(C(=O)OC(C)(C)C)=NCC1. The topological polar surface area (TPSA) is 91.0 Å². The molecule has 0 aromatic heterocycles. The highest BCUT2D eigenvalue weighted by atomic mass is 16.6. The summed E-state index contributed by atoms with van der Waals surface area (Å²) in [6.07, 6.45) is 4.57. The van der Waals surface area contributed by atoms with E-state index in [1.807, 2.05) is 27.7 Å². The maximum atomic E-state index is 12.4. The Bertz CT molecular complexity index is 860. The maximum Gasteiger partial charge on any atom is 0.356 e. The summed E-state index contributed by atoms with van der Waals surface area (Å²) >= 11 is 0. The fourth-order valence-electron chi connectivity index (χ4n) is 3.02. The van der Waals surface area contributed by atoms with Crippen molar-refractivity contribution in [2.75, 3.05) is 13.2 Å². The first-order valence-corrected chi connectivity index (χ1v) is 9.54. The Morgan fingerprint density at radius 3 is 2.64 bits per heavy atom. The normalized spacial score (nSPS) is 16.9. The predicted octanol–water partition coefficient (Wildman–Crippen LogP) is 4.26. The molecule has 0 atom stereocenters. The summed E-state index contributed by atoms with van der Waals surface area (Å²) in [6, 6.07) is 3.26. The first-order chi connectivity index (χ1) is 13.1. The van der Waals surface area contributed by atoms with Crippen LogP contribution in [-0.4, -0.2) is 35.4 Å². The van der Waals surface area contributed by atoms with Crippen molar-refractivity contribution in [1.29, 1.82) is 0 Å². The van der Waals surface area contributed by atoms with Gasteiger partial charge in [0.2, 0.25) is 0 Å². The van der Waals surface area contributed by atoms with E-state index >= 15 is 0 Å². The summed E-state index contributed by atoms with van der Waals surface area (Å²) < 4.78 is 11.2. The molecule has 0 N–H and O–H groups in total. The van der Waals surface area contributed by atoms with Gasteiger partial charge in [0, 0.05) is 12.6 Å². The number of carbonyl (C=O) groups is 1. The standard InChI is InChI=1S/C21H26N2O5/c1-13-9-18(23(25)26)19(27-12-14-5-6-14)11-16(13)15-7-8-22-17(10-15)20(24)28-21(2,3)4/h9-11,14H,5-8,12H2,1-4H3. The molecular weight excluding hydrogens is 360 g/mol. The predicted molar refractivity (Wildman–Crippen MR) is 107 cm³/mol. The summed E-state index contributed by atoms with van der Waals surface area (Å²) in [5.41, 5.74) is 2.15. The third kappa shape index (κ3) is 4.97. The fourth-order valence-corrected chi connectivity index (χ4v) is 3.02. The van der Waals surface area contributed by atoms with E-state index in [9.17, 15) is 14.9 Å². The van der Waals surface area contributed by atoms with Crippen molar-refractivity contribution in [3.05, 3.63) is 39.4 Å². The average Bonchev–Trinajstić information content (AvgIpc) is 3.43. The van der Waals surface area contributed by atoms with E-state index in [1.165, 1.54) is 6.07 Å². The molecule has 0 amide bonds. The Morgan fingerprint density at radius 1 is 1.32 bits per heavy atom. The Labute approximate surface area is 164 Å². The maximum absolute atomic E-state index is 12.4. The molecule has 0 saturated heterocycles. The van der Waals surface area contributed by atoms with Crippen LogP contribution in [0.3, 0.4) is 0 Å². The van der Waals surface area contributed by atoms with E-state index < -0.39 is 16.5 Å². The Hall–Kier alpha value is -2.70. The van der Waals surface area contributed by atoms with Gasteiger partial charge in [-0.25, -0.2) is 4.79 Å². The van der Waals surface area contributed by atoms with E-state index in [4.69, 9.17) is 9.47 Å². The number of aliphatic imine (C=N–C) groups is 1. The van der Waals surface area contributed by atoms with Gasteiger partial charge < -0.3 is 9.47 Å². The molecule has 2 aliphatic rings. The lowest BCUT2D eigenvalue weighted by Crippen LogP contribution is -2.29. The number of carbonyl (C=O) groups excluding carboxylic acids is 1. The first-order valence-electron chi connectivity index (χ1n) is 9.54. The molecular formula is C21H26N2O5. The minimum Gasteiger partial charge on any atom is -0.487 e. The van der Waals surface area contributed by atoms with Crippen LogP contribution in [0.2, 0.25) is 0 Å². The molecule has 7 heteroatoms. The fraction of sp³-hybridized carbons (Fsp3) is 0.524. The highest BCUT2D eigenvalue weighted by molar-refractivity contribution is 6.42. The number of hydrogen-bond acceptors (Lipinski definition) is 6. The molecule has 1 fully saturated rings. The minimum atomic E-state index is -0.599. The van der Waals surface area contributed by atoms with Crippen LogP contribution in [-0.2, 0) is 9.53 Å². The second-order valence-electron chi connectivity index (χ2n) is 8.33. The molecule has 1 aromatic rings. The molecule has 28 heavy (non-hydrogen) atoms. The smallest absolute Gasteiger partial charge is 0.356 e. The summed E-state index contributed by atoms with van der Waals surface area (Å²) in [4.78, 5) is 27.7. The van der Waals surface area contributed by atoms with Crippen LogP contribution >= 0.6 is 0 Å². The molecule has 1 aliphatic heterocycles. The lowest BCUT2D eigenvalue weighted by Gasteiger charge is -2.21. The van der Waals surface area contributed by atoms with E-state index in [1.54, 1.807) is 12.1 Å². The monoisotopic (exact) mass is 386 g/mol. The molecule has 0 unspecified atom stereocenters. The van der Waals surface area contributed by atoms with Crippen LogP contribution in [0.1, 0.15) is 51.2 Å². The van der Waals surface area contributed by atoms with Gasteiger partial charge in [0.1, 0.15) is 11.3 Å². The number of nitro benzene ring substituents is 1. The Morgan fingerprint density at radius 2 is 2.04 bits per heavy atom. The molecule has 150 valence electrons. The lowest BCUT2D eigenvalue weighted by atomic mass is 9.94. The number of rotatable bonds is 6. The molecule has 1 aromatic carbocycles. The number of nitro groups is 1. The van der Waals surface area contributed by atoms with Gasteiger partial charge in [0.25, 0.3) is 0 Å². The lowest BCUT2D eigenvalue weighted by molar-refractivity contribution is -0.385. The molecule has 0 bridgehead atoms. The van der Waals surface area contributed by atoms with Crippen molar-refractivity contribution in [2.24, 2.45) is 10.9 Å². The van der Waals surface area contributed by atoms with Gasteiger partial charge in [-0.15, -0.1) is 0 Å². The Kier molecular flexibility index (Phi) is 5.54. The van der Waals surface area contributed by atoms with Gasteiger partial charge in [-0.05, 0) is 81.7 Å². The third-order valence-corrected chi connectivity index (χ3v) is 4.60. The number of hydrogen-bond donors (Lipinski definition) is 0. The zero-order valence-electron chi connectivity index (χ0n) is 16.8. The van der Waals surface area contributed by atoms with E-state index in [-0.39, 0.29) is 17.1 Å². The molecule has 7 nitrogen and oxygen atoms in total. The third-order valence-electron chi connectivity index (χ3n) is 4.60. The summed E-state index contributed by atoms with van der Waals surface area (Å²) in [5.74, 6) is 0.304. The zero-order valence-corrected chi connectivity index (χ0v) is 16.8.